The third-order valence-electron chi connectivity index (χ3n) is 3.01. The number of carboxylic acids is 1. The van der Waals surface area contributed by atoms with Crippen molar-refractivity contribution in [3.63, 3.8) is 0 Å². The van der Waals surface area contributed by atoms with Gasteiger partial charge in [0.15, 0.2) is 17.6 Å². The molecule has 0 heterocycles. The van der Waals surface area contributed by atoms with Crippen LogP contribution >= 0.6 is 0 Å². The average molecular weight is 341 g/mol. The monoisotopic (exact) mass is 341 g/mol. The van der Waals surface area contributed by atoms with E-state index in [1.54, 1.807) is 26.8 Å². The van der Waals surface area contributed by atoms with Gasteiger partial charge in [0, 0.05) is 0 Å². The first kappa shape index (κ1) is 19.6. The molecule has 0 fully saturated rings. The highest BCUT2D eigenvalue weighted by Crippen LogP contribution is 2.31. The number of benzene rings is 1. The molecule has 0 aliphatic heterocycles. The zero-order chi connectivity index (χ0) is 18.5. The summed E-state index contributed by atoms with van der Waals surface area (Å²) >= 11 is 0. The summed E-state index contributed by atoms with van der Waals surface area (Å²) in [4.78, 5) is 23.1. The Bertz CT molecular complexity index is 595. The molecule has 0 saturated heterocycles. The number of hydrogen-bond acceptors (Lipinski definition) is 6. The molecule has 1 rings (SSSR count). The minimum atomic E-state index is -1.87. The molecule has 0 aromatic heterocycles. The normalized spacial score (nSPS) is 13.6. The van der Waals surface area contributed by atoms with E-state index in [9.17, 15) is 14.7 Å². The van der Waals surface area contributed by atoms with Gasteiger partial charge < -0.3 is 29.7 Å². The second kappa shape index (κ2) is 7.87. The molecule has 8 heteroatoms. The Labute approximate surface area is 140 Å². The number of nitrogens with one attached hydrogen (secondary N) is 1. The third kappa shape index (κ3) is 5.31. The number of aliphatic carboxylic acids is 1. The average Bonchev–Trinajstić information content (AvgIpc) is 2.49. The molecule has 0 aliphatic rings. The molecule has 0 aliphatic carbocycles. The van der Waals surface area contributed by atoms with Gasteiger partial charge in [-0.3, -0.25) is 0 Å². The predicted molar refractivity (Wildman–Crippen MR) is 85.3 cm³/mol. The number of rotatable bonds is 6. The van der Waals surface area contributed by atoms with Gasteiger partial charge in [-0.2, -0.15) is 0 Å². The van der Waals surface area contributed by atoms with Crippen molar-refractivity contribution >= 4 is 12.1 Å². The second-order valence-electron chi connectivity index (χ2n) is 6.02. The third-order valence-corrected chi connectivity index (χ3v) is 3.01. The Morgan fingerprint density at radius 2 is 1.71 bits per heavy atom. The van der Waals surface area contributed by atoms with Gasteiger partial charge in [0.25, 0.3) is 0 Å². The molecule has 8 nitrogen and oxygen atoms in total. The van der Waals surface area contributed by atoms with Crippen LogP contribution in [0, 0.1) is 0 Å². The van der Waals surface area contributed by atoms with Crippen molar-refractivity contribution in [3.05, 3.63) is 23.8 Å². The molecular weight excluding hydrogens is 318 g/mol. The van der Waals surface area contributed by atoms with Crippen LogP contribution in [0.4, 0.5) is 4.79 Å². The van der Waals surface area contributed by atoms with Crippen molar-refractivity contribution in [2.45, 2.75) is 38.5 Å². The lowest BCUT2D eigenvalue weighted by Gasteiger charge is -2.25. The van der Waals surface area contributed by atoms with Gasteiger partial charge in [0.05, 0.1) is 20.3 Å². The fourth-order valence-electron chi connectivity index (χ4n) is 1.97. The molecule has 3 N–H and O–H groups in total. The van der Waals surface area contributed by atoms with Gasteiger partial charge in [-0.05, 0) is 38.5 Å². The number of methoxy groups -OCH3 is 2. The van der Waals surface area contributed by atoms with Crippen LogP contribution in [-0.2, 0) is 9.53 Å². The zero-order valence-electron chi connectivity index (χ0n) is 14.3. The number of aliphatic hydroxyl groups excluding tert-OH is 1. The Morgan fingerprint density at radius 1 is 1.12 bits per heavy atom. The number of hydrogen-bond donors (Lipinski definition) is 3. The van der Waals surface area contributed by atoms with Gasteiger partial charge in [-0.15, -0.1) is 0 Å². The van der Waals surface area contributed by atoms with Crippen LogP contribution in [0.5, 0.6) is 11.5 Å². The highest BCUT2D eigenvalue weighted by molar-refractivity contribution is 5.76. The first-order chi connectivity index (χ1) is 11.1. The molecule has 0 saturated carbocycles. The Hall–Kier alpha value is -2.48. The smallest absolute Gasteiger partial charge is 0.408 e. The molecule has 0 spiro atoms. The quantitative estimate of drug-likeness (QED) is 0.721. The highest BCUT2D eigenvalue weighted by atomic mass is 16.6. The Kier molecular flexibility index (Phi) is 6.42. The van der Waals surface area contributed by atoms with Gasteiger partial charge in [0.1, 0.15) is 5.60 Å². The number of aliphatic hydroxyl groups is 1. The standard InChI is InChI=1S/C16H23NO7/c1-16(2,3)24-15(21)17-12(13(18)14(19)20)9-6-7-10(22-4)11(8-9)23-5/h6-8,12-13,18H,1-5H3,(H,17,21)(H,19,20). The summed E-state index contributed by atoms with van der Waals surface area (Å²) in [6, 6.07) is 3.33. The van der Waals surface area contributed by atoms with Crippen LogP contribution in [0.1, 0.15) is 32.4 Å². The maximum atomic E-state index is 12.0. The largest absolute Gasteiger partial charge is 0.493 e. The van der Waals surface area contributed by atoms with Gasteiger partial charge >= 0.3 is 12.1 Å². The molecule has 2 atom stereocenters. The van der Waals surface area contributed by atoms with E-state index in [-0.39, 0.29) is 0 Å². The summed E-state index contributed by atoms with van der Waals surface area (Å²) in [5, 5.41) is 21.4. The lowest BCUT2D eigenvalue weighted by Crippen LogP contribution is -2.42. The number of alkyl carbamates (subject to hydrolysis) is 1. The van der Waals surface area contributed by atoms with Crippen molar-refractivity contribution in [1.29, 1.82) is 0 Å². The maximum absolute atomic E-state index is 12.0. The van der Waals surface area contributed by atoms with Crippen LogP contribution in [-0.4, -0.2) is 48.2 Å². The minimum Gasteiger partial charge on any atom is -0.493 e. The van der Waals surface area contributed by atoms with Crippen LogP contribution in [0.25, 0.3) is 0 Å². The summed E-state index contributed by atoms with van der Waals surface area (Å²) in [5.41, 5.74) is -0.436. The first-order valence-electron chi connectivity index (χ1n) is 7.21. The van der Waals surface area contributed by atoms with Crippen molar-refractivity contribution in [2.24, 2.45) is 0 Å². The number of amides is 1. The molecule has 0 bridgehead atoms. The van der Waals surface area contributed by atoms with Crippen LogP contribution in [0.3, 0.4) is 0 Å². The van der Waals surface area contributed by atoms with E-state index in [0.717, 1.165) is 0 Å². The van der Waals surface area contributed by atoms with E-state index in [4.69, 9.17) is 19.3 Å². The van der Waals surface area contributed by atoms with Crippen LogP contribution in [0.15, 0.2) is 18.2 Å². The van der Waals surface area contributed by atoms with Crippen molar-refractivity contribution < 1.29 is 34.0 Å². The van der Waals surface area contributed by atoms with E-state index >= 15 is 0 Å². The number of carbonyl (C=O) groups is 2. The Morgan fingerprint density at radius 3 is 2.17 bits per heavy atom. The van der Waals surface area contributed by atoms with Crippen molar-refractivity contribution in [2.75, 3.05) is 14.2 Å². The summed E-state index contributed by atoms with van der Waals surface area (Å²) in [6.45, 7) is 5.02. The predicted octanol–water partition coefficient (Wildman–Crippen LogP) is 1.72. The molecule has 2 unspecified atom stereocenters. The highest BCUT2D eigenvalue weighted by Gasteiger charge is 2.31. The lowest BCUT2D eigenvalue weighted by molar-refractivity contribution is -0.148. The van der Waals surface area contributed by atoms with Gasteiger partial charge in [0.2, 0.25) is 0 Å². The SMILES string of the molecule is COc1ccc(C(NC(=O)OC(C)(C)C)C(O)C(=O)O)cc1OC. The molecule has 0 radical (unpaired) electrons. The van der Waals surface area contributed by atoms with E-state index in [1.807, 2.05) is 0 Å². The topological polar surface area (TPSA) is 114 Å². The zero-order valence-corrected chi connectivity index (χ0v) is 14.3. The molecule has 1 aromatic carbocycles. The number of ether oxygens (including phenoxy) is 3. The van der Waals surface area contributed by atoms with Crippen molar-refractivity contribution in [3.8, 4) is 11.5 Å². The fourth-order valence-corrected chi connectivity index (χ4v) is 1.97. The van der Waals surface area contributed by atoms with E-state index in [1.165, 1.54) is 26.4 Å². The number of carbonyl (C=O) groups excluding carboxylic acids is 1. The fraction of sp³-hybridized carbons (Fsp3) is 0.500. The van der Waals surface area contributed by atoms with E-state index < -0.39 is 29.8 Å². The molecular formula is C16H23NO7. The van der Waals surface area contributed by atoms with Crippen LogP contribution in [0.2, 0.25) is 0 Å². The van der Waals surface area contributed by atoms with Gasteiger partial charge in [-0.25, -0.2) is 9.59 Å². The second-order valence-corrected chi connectivity index (χ2v) is 6.02. The molecule has 24 heavy (non-hydrogen) atoms. The summed E-state index contributed by atoms with van der Waals surface area (Å²) in [5.74, 6) is -0.712. The van der Waals surface area contributed by atoms with Gasteiger partial charge in [-0.1, -0.05) is 6.07 Å². The summed E-state index contributed by atoms with van der Waals surface area (Å²) in [6.07, 6.45) is -2.71. The Balaban J connectivity index is 3.15. The molecule has 1 aromatic rings. The van der Waals surface area contributed by atoms with E-state index in [0.29, 0.717) is 17.1 Å². The van der Waals surface area contributed by atoms with Crippen molar-refractivity contribution in [1.82, 2.24) is 5.32 Å². The van der Waals surface area contributed by atoms with E-state index in [2.05, 4.69) is 5.32 Å². The first-order valence-corrected chi connectivity index (χ1v) is 7.21. The maximum Gasteiger partial charge on any atom is 0.408 e. The summed E-state index contributed by atoms with van der Waals surface area (Å²) in [7, 11) is 2.88. The summed E-state index contributed by atoms with van der Waals surface area (Å²) < 4.78 is 15.4. The molecule has 1 amide bonds. The number of carboxylic acid groups (broad SMARTS) is 1. The van der Waals surface area contributed by atoms with Crippen LogP contribution < -0.4 is 14.8 Å². The minimum absolute atomic E-state index is 0.327. The lowest BCUT2D eigenvalue weighted by atomic mass is 10.0. The molecule has 134 valence electrons.